The van der Waals surface area contributed by atoms with Crippen molar-refractivity contribution in [3.8, 4) is 0 Å². The monoisotopic (exact) mass is 191 g/mol. The Bertz CT molecular complexity index is 332. The van der Waals surface area contributed by atoms with Crippen molar-refractivity contribution in [3.05, 3.63) is 0 Å². The van der Waals surface area contributed by atoms with Crippen LogP contribution in [0.15, 0.2) is 4.40 Å². The predicted octanol–water partition coefficient (Wildman–Crippen LogP) is -0.305. The Morgan fingerprint density at radius 3 is 2.58 bits per heavy atom. The molecule has 0 unspecified atom stereocenters. The number of hydrogen-bond acceptors (Lipinski definition) is 3. The fourth-order valence-corrected chi connectivity index (χ4v) is 1.51. The van der Waals surface area contributed by atoms with Crippen molar-refractivity contribution < 1.29 is 13.2 Å². The fraction of sp³-hybridized carbons (Fsp3) is 0.600. The molecule has 68 valence electrons. The molecule has 1 rings (SSSR count). The Morgan fingerprint density at radius 1 is 1.58 bits per heavy atom. The molecule has 1 aliphatic rings. The molecule has 12 heavy (non-hydrogen) atoms. The van der Waals surface area contributed by atoms with E-state index in [0.717, 1.165) is 7.05 Å². The molecule has 0 saturated carbocycles. The molecule has 0 saturated heterocycles. The molecular weight excluding hydrogens is 182 g/mol. The first-order valence-corrected chi connectivity index (χ1v) is 4.75. The minimum atomic E-state index is -3.76. The number of carbonyl (C=O) groups is 1. The molecule has 0 bridgehead atoms. The average Bonchev–Trinajstić information content (AvgIpc) is 1.99. The summed E-state index contributed by atoms with van der Waals surface area (Å²) < 4.78 is 26.0. The molecule has 0 fully saturated rings. The number of amides is 2. The van der Waals surface area contributed by atoms with Gasteiger partial charge in [-0.05, 0) is 0 Å². The van der Waals surface area contributed by atoms with Crippen LogP contribution in [0.4, 0.5) is 4.79 Å². The predicted molar refractivity (Wildman–Crippen MR) is 42.9 cm³/mol. The molecule has 6 nitrogen and oxygen atoms in total. The summed E-state index contributed by atoms with van der Waals surface area (Å²) in [6.07, 6.45) is 0.388. The molecule has 0 aromatic heterocycles. The molecule has 1 N–H and O–H groups in total. The Labute approximate surface area is 70.5 Å². The highest BCUT2D eigenvalue weighted by Gasteiger charge is 2.28. The van der Waals surface area contributed by atoms with Crippen LogP contribution < -0.4 is 5.32 Å². The second kappa shape index (κ2) is 2.74. The lowest BCUT2D eigenvalue weighted by Gasteiger charge is -2.20. The van der Waals surface area contributed by atoms with Gasteiger partial charge in [0.1, 0.15) is 5.84 Å². The van der Waals surface area contributed by atoms with E-state index in [1.165, 1.54) is 0 Å². The Morgan fingerprint density at radius 2 is 2.17 bits per heavy atom. The number of urea groups is 1. The second-order valence-corrected chi connectivity index (χ2v) is 3.89. The van der Waals surface area contributed by atoms with Crippen LogP contribution in [0.25, 0.3) is 0 Å². The van der Waals surface area contributed by atoms with Gasteiger partial charge >= 0.3 is 16.2 Å². The third-order valence-corrected chi connectivity index (χ3v) is 2.75. The van der Waals surface area contributed by atoms with E-state index in [-0.39, 0.29) is 5.84 Å². The van der Waals surface area contributed by atoms with Gasteiger partial charge in [0.05, 0.1) is 0 Å². The van der Waals surface area contributed by atoms with Crippen LogP contribution in [0.1, 0.15) is 13.3 Å². The summed E-state index contributed by atoms with van der Waals surface area (Å²) in [5.74, 6) is 0.179. The van der Waals surface area contributed by atoms with Gasteiger partial charge < -0.3 is 0 Å². The van der Waals surface area contributed by atoms with Crippen LogP contribution >= 0.6 is 0 Å². The molecule has 0 aromatic rings. The summed E-state index contributed by atoms with van der Waals surface area (Å²) in [7, 11) is -2.61. The first-order chi connectivity index (χ1) is 5.47. The van der Waals surface area contributed by atoms with Gasteiger partial charge in [-0.1, -0.05) is 6.92 Å². The van der Waals surface area contributed by atoms with Gasteiger partial charge in [-0.15, -0.1) is 4.40 Å². The third-order valence-electron chi connectivity index (χ3n) is 1.44. The van der Waals surface area contributed by atoms with Crippen molar-refractivity contribution in [2.24, 2.45) is 4.40 Å². The van der Waals surface area contributed by atoms with Crippen molar-refractivity contribution in [1.82, 2.24) is 9.62 Å². The van der Waals surface area contributed by atoms with Crippen LogP contribution in [0.2, 0.25) is 0 Å². The molecule has 0 aromatic carbocycles. The van der Waals surface area contributed by atoms with Gasteiger partial charge in [-0.25, -0.2) is 9.10 Å². The van der Waals surface area contributed by atoms with Gasteiger partial charge in [0.15, 0.2) is 0 Å². The molecular formula is C5H9N3O3S. The van der Waals surface area contributed by atoms with Gasteiger partial charge in [0, 0.05) is 13.5 Å². The SMILES string of the molecule is CCC1=NS(=O)(=O)N(C)C(=O)N1. The van der Waals surface area contributed by atoms with Crippen LogP contribution in [-0.2, 0) is 10.2 Å². The van der Waals surface area contributed by atoms with E-state index in [1.807, 2.05) is 0 Å². The van der Waals surface area contributed by atoms with Gasteiger partial charge in [0.2, 0.25) is 0 Å². The van der Waals surface area contributed by atoms with Crippen LogP contribution in [0.3, 0.4) is 0 Å². The van der Waals surface area contributed by atoms with Gasteiger partial charge in [0.25, 0.3) is 0 Å². The molecule has 1 heterocycles. The average molecular weight is 191 g/mol. The zero-order valence-corrected chi connectivity index (χ0v) is 7.55. The molecule has 0 radical (unpaired) electrons. The molecule has 0 atom stereocenters. The van der Waals surface area contributed by atoms with E-state index in [0.29, 0.717) is 10.7 Å². The van der Waals surface area contributed by atoms with Crippen LogP contribution in [-0.4, -0.2) is 31.6 Å². The zero-order chi connectivity index (χ0) is 9.35. The lowest BCUT2D eigenvalue weighted by molar-refractivity contribution is 0.232. The topological polar surface area (TPSA) is 78.8 Å². The zero-order valence-electron chi connectivity index (χ0n) is 6.73. The third kappa shape index (κ3) is 1.40. The Balaban J connectivity index is 3.12. The second-order valence-electron chi connectivity index (χ2n) is 2.27. The van der Waals surface area contributed by atoms with Crippen LogP contribution in [0.5, 0.6) is 0 Å². The van der Waals surface area contributed by atoms with Gasteiger partial charge in [-0.2, -0.15) is 8.42 Å². The number of amidine groups is 1. The smallest absolute Gasteiger partial charge is 0.294 e. The van der Waals surface area contributed by atoms with E-state index in [9.17, 15) is 13.2 Å². The quantitative estimate of drug-likeness (QED) is 0.617. The van der Waals surface area contributed by atoms with Crippen molar-refractivity contribution >= 4 is 22.1 Å². The largest absolute Gasteiger partial charge is 0.349 e. The number of nitrogens with one attached hydrogen (secondary N) is 1. The van der Waals surface area contributed by atoms with E-state index in [2.05, 4.69) is 9.71 Å². The van der Waals surface area contributed by atoms with E-state index >= 15 is 0 Å². The lowest BCUT2D eigenvalue weighted by atomic mass is 10.4. The first-order valence-electron chi connectivity index (χ1n) is 3.36. The van der Waals surface area contributed by atoms with Crippen molar-refractivity contribution in [2.75, 3.05) is 7.05 Å². The fourth-order valence-electron chi connectivity index (χ4n) is 0.683. The molecule has 7 heteroatoms. The molecule has 0 aliphatic carbocycles. The summed E-state index contributed by atoms with van der Waals surface area (Å²) in [4.78, 5) is 10.9. The Hall–Kier alpha value is -1.11. The lowest BCUT2D eigenvalue weighted by Crippen LogP contribution is -2.47. The molecule has 2 amide bonds. The minimum Gasteiger partial charge on any atom is -0.294 e. The van der Waals surface area contributed by atoms with E-state index < -0.39 is 16.2 Å². The highest BCUT2D eigenvalue weighted by Crippen LogP contribution is 2.06. The normalized spacial score (nSPS) is 21.7. The molecule has 0 spiro atoms. The number of hydrogen-bond donors (Lipinski definition) is 1. The molecule has 1 aliphatic heterocycles. The van der Waals surface area contributed by atoms with E-state index in [4.69, 9.17) is 0 Å². The highest BCUT2D eigenvalue weighted by atomic mass is 32.2. The number of rotatable bonds is 1. The van der Waals surface area contributed by atoms with E-state index in [1.54, 1.807) is 6.92 Å². The summed E-state index contributed by atoms with van der Waals surface area (Å²) in [6.45, 7) is 1.71. The number of nitrogens with zero attached hydrogens (tertiary/aromatic N) is 2. The maximum absolute atomic E-state index is 11.0. The summed E-state index contributed by atoms with van der Waals surface area (Å²) in [6, 6.07) is -0.665. The standard InChI is InChI=1S/C5H9N3O3S/c1-3-4-6-5(9)8(2)12(10,11)7-4/h3H2,1-2H3,(H,6,7,9). The van der Waals surface area contributed by atoms with Crippen molar-refractivity contribution in [2.45, 2.75) is 13.3 Å². The highest BCUT2D eigenvalue weighted by molar-refractivity contribution is 7.88. The number of carbonyl (C=O) groups excluding carboxylic acids is 1. The summed E-state index contributed by atoms with van der Waals surface area (Å²) in [5.41, 5.74) is 0. The van der Waals surface area contributed by atoms with Crippen LogP contribution in [0, 0.1) is 0 Å². The minimum absolute atomic E-state index is 0.179. The van der Waals surface area contributed by atoms with Crippen molar-refractivity contribution in [1.29, 1.82) is 0 Å². The summed E-state index contributed by atoms with van der Waals surface area (Å²) >= 11 is 0. The summed E-state index contributed by atoms with van der Waals surface area (Å²) in [5, 5.41) is 2.33. The maximum atomic E-state index is 11.0. The van der Waals surface area contributed by atoms with Gasteiger partial charge in [-0.3, -0.25) is 5.32 Å². The first kappa shape index (κ1) is 8.98. The maximum Gasteiger partial charge on any atom is 0.349 e. The van der Waals surface area contributed by atoms with Crippen molar-refractivity contribution in [3.63, 3.8) is 0 Å². The Kier molecular flexibility index (Phi) is 2.05.